The van der Waals surface area contributed by atoms with E-state index in [1.807, 2.05) is 67.6 Å². The van der Waals surface area contributed by atoms with Gasteiger partial charge in [0.1, 0.15) is 10.6 Å². The molecule has 0 fully saturated rings. The lowest BCUT2D eigenvalue weighted by molar-refractivity contribution is 0.382. The smallest absolute Gasteiger partial charge is 0.247 e. The van der Waals surface area contributed by atoms with Gasteiger partial charge in [-0.2, -0.15) is 4.31 Å². The van der Waals surface area contributed by atoms with Gasteiger partial charge in [0, 0.05) is 6.54 Å². The minimum atomic E-state index is -3.92. The number of nitrogens with zero attached hydrogens (tertiary/aromatic N) is 1. The highest BCUT2D eigenvalue weighted by Crippen LogP contribution is 2.43. The van der Waals surface area contributed by atoms with Gasteiger partial charge in [-0.05, 0) is 58.1 Å². The highest BCUT2D eigenvalue weighted by atomic mass is 32.2. The first-order valence-electron chi connectivity index (χ1n) is 9.83. The van der Waals surface area contributed by atoms with Crippen LogP contribution in [0.1, 0.15) is 28.3 Å². The number of sulfonamides is 1. The summed E-state index contributed by atoms with van der Waals surface area (Å²) in [5.74, 6) is -0.219. The first kappa shape index (κ1) is 18.9. The van der Waals surface area contributed by atoms with E-state index < -0.39 is 16.1 Å². The van der Waals surface area contributed by atoms with Gasteiger partial charge in [-0.15, -0.1) is 0 Å². The lowest BCUT2D eigenvalue weighted by Gasteiger charge is -2.26. The van der Waals surface area contributed by atoms with Crippen molar-refractivity contribution in [2.45, 2.75) is 24.4 Å². The summed E-state index contributed by atoms with van der Waals surface area (Å²) < 4.78 is 28.8. The number of fused-ring (bicyclic) bond motifs is 2. The fourth-order valence-electron chi connectivity index (χ4n) is 4.28. The average Bonchev–Trinajstić information content (AvgIpc) is 3.13. The number of aryl methyl sites for hydroxylation is 1. The number of phenols is 1. The van der Waals surface area contributed by atoms with Crippen molar-refractivity contribution in [2.24, 2.45) is 0 Å². The molecule has 30 heavy (non-hydrogen) atoms. The maximum atomic E-state index is 13.6. The van der Waals surface area contributed by atoms with E-state index in [2.05, 4.69) is 6.07 Å². The lowest BCUT2D eigenvalue weighted by atomic mass is 9.96. The Hall–Kier alpha value is -3.15. The van der Waals surface area contributed by atoms with Crippen LogP contribution in [0.2, 0.25) is 0 Å². The van der Waals surface area contributed by atoms with Crippen LogP contribution in [0.3, 0.4) is 0 Å². The topological polar surface area (TPSA) is 57.6 Å². The molecule has 0 spiro atoms. The molecule has 1 aliphatic rings. The van der Waals surface area contributed by atoms with Crippen LogP contribution in [0.4, 0.5) is 0 Å². The molecule has 4 nitrogen and oxygen atoms in total. The Labute approximate surface area is 176 Å². The van der Waals surface area contributed by atoms with Crippen LogP contribution in [0.5, 0.6) is 5.75 Å². The van der Waals surface area contributed by atoms with Crippen molar-refractivity contribution in [1.29, 1.82) is 0 Å². The number of hydrogen-bond acceptors (Lipinski definition) is 3. The van der Waals surface area contributed by atoms with Gasteiger partial charge in [0.25, 0.3) is 0 Å². The van der Waals surface area contributed by atoms with Gasteiger partial charge in [-0.3, -0.25) is 0 Å². The summed E-state index contributed by atoms with van der Waals surface area (Å²) in [6.07, 6.45) is 0. The fraction of sp³-hybridized carbons (Fsp3) is 0.120. The lowest BCUT2D eigenvalue weighted by Crippen LogP contribution is -2.30. The zero-order valence-electron chi connectivity index (χ0n) is 16.5. The van der Waals surface area contributed by atoms with Gasteiger partial charge >= 0.3 is 0 Å². The summed E-state index contributed by atoms with van der Waals surface area (Å²) in [5, 5.41) is 12.6. The van der Waals surface area contributed by atoms with Crippen LogP contribution in [-0.4, -0.2) is 17.8 Å². The third kappa shape index (κ3) is 2.98. The van der Waals surface area contributed by atoms with Gasteiger partial charge < -0.3 is 5.11 Å². The van der Waals surface area contributed by atoms with Crippen LogP contribution in [-0.2, 0) is 16.6 Å². The Morgan fingerprint density at radius 3 is 2.40 bits per heavy atom. The van der Waals surface area contributed by atoms with Gasteiger partial charge in [0.05, 0.1) is 6.04 Å². The minimum Gasteiger partial charge on any atom is -0.507 e. The summed E-state index contributed by atoms with van der Waals surface area (Å²) >= 11 is 0. The van der Waals surface area contributed by atoms with Crippen LogP contribution < -0.4 is 0 Å². The predicted molar refractivity (Wildman–Crippen MR) is 118 cm³/mol. The van der Waals surface area contributed by atoms with E-state index >= 15 is 0 Å². The molecule has 0 bridgehead atoms. The fourth-order valence-corrected chi connectivity index (χ4v) is 5.92. The Kier molecular flexibility index (Phi) is 4.38. The van der Waals surface area contributed by atoms with Crippen LogP contribution in [0.15, 0.2) is 89.8 Å². The summed E-state index contributed by atoms with van der Waals surface area (Å²) in [6, 6.07) is 26.2. The average molecular weight is 416 g/mol. The van der Waals surface area contributed by atoms with E-state index in [0.717, 1.165) is 33.0 Å². The normalized spacial score (nSPS) is 16.6. The van der Waals surface area contributed by atoms with Crippen molar-refractivity contribution in [3.8, 4) is 5.75 Å². The van der Waals surface area contributed by atoms with Crippen molar-refractivity contribution in [1.82, 2.24) is 4.31 Å². The second-order valence-electron chi connectivity index (χ2n) is 7.73. The maximum absolute atomic E-state index is 13.6. The largest absolute Gasteiger partial charge is 0.507 e. The van der Waals surface area contributed by atoms with Gasteiger partial charge in [-0.1, -0.05) is 66.7 Å². The Morgan fingerprint density at radius 2 is 1.60 bits per heavy atom. The zero-order valence-corrected chi connectivity index (χ0v) is 17.3. The predicted octanol–water partition coefficient (Wildman–Crippen LogP) is 5.15. The van der Waals surface area contributed by atoms with E-state index in [-0.39, 0.29) is 17.2 Å². The molecule has 1 atom stereocenters. The van der Waals surface area contributed by atoms with Crippen molar-refractivity contribution >= 4 is 20.8 Å². The number of hydrogen-bond donors (Lipinski definition) is 1. The van der Waals surface area contributed by atoms with Crippen LogP contribution in [0.25, 0.3) is 10.8 Å². The number of benzene rings is 4. The Morgan fingerprint density at radius 1 is 0.867 bits per heavy atom. The summed E-state index contributed by atoms with van der Waals surface area (Å²) in [6.45, 7) is 2.09. The first-order chi connectivity index (χ1) is 14.4. The molecule has 1 aliphatic heterocycles. The second-order valence-corrected chi connectivity index (χ2v) is 9.59. The Balaban J connectivity index is 1.69. The zero-order chi connectivity index (χ0) is 20.9. The summed E-state index contributed by atoms with van der Waals surface area (Å²) in [7, 11) is -3.92. The quantitative estimate of drug-likeness (QED) is 0.504. The van der Waals surface area contributed by atoms with Gasteiger partial charge in [0.15, 0.2) is 0 Å². The molecular weight excluding hydrogens is 394 g/mol. The SMILES string of the molecule is Cc1ccc(S(=O)(=O)N2Cc3ccccc3C2c2ccc3ccccc3c2)c(O)c1. The number of phenolic OH excluding ortho intramolecular Hbond substituents is 1. The highest BCUT2D eigenvalue weighted by Gasteiger charge is 2.40. The third-order valence-corrected chi connectivity index (χ3v) is 7.61. The Bertz CT molecular complexity index is 1380. The molecule has 4 aromatic carbocycles. The molecule has 4 aromatic rings. The van der Waals surface area contributed by atoms with Crippen molar-refractivity contribution in [2.75, 3.05) is 0 Å². The molecular formula is C25H21NO3S. The van der Waals surface area contributed by atoms with E-state index in [1.165, 1.54) is 16.4 Å². The summed E-state index contributed by atoms with van der Waals surface area (Å²) in [4.78, 5) is -0.0632. The van der Waals surface area contributed by atoms with E-state index in [4.69, 9.17) is 0 Å². The van der Waals surface area contributed by atoms with Crippen LogP contribution in [0, 0.1) is 6.92 Å². The van der Waals surface area contributed by atoms with E-state index in [9.17, 15) is 13.5 Å². The van der Waals surface area contributed by atoms with Crippen LogP contribution >= 0.6 is 0 Å². The van der Waals surface area contributed by atoms with Crippen molar-refractivity contribution < 1.29 is 13.5 Å². The maximum Gasteiger partial charge on any atom is 0.247 e. The number of rotatable bonds is 3. The first-order valence-corrected chi connectivity index (χ1v) is 11.3. The molecule has 0 saturated heterocycles. The minimum absolute atomic E-state index is 0.0632. The number of aromatic hydroxyl groups is 1. The molecule has 1 unspecified atom stereocenters. The van der Waals surface area contributed by atoms with E-state index in [0.29, 0.717) is 0 Å². The molecule has 5 heteroatoms. The standard InChI is InChI=1S/C25H21NO3S/c1-17-10-13-24(23(27)14-17)30(28,29)26-16-21-8-4-5-9-22(21)25(26)20-12-11-18-6-2-3-7-19(18)15-20/h2-15,25,27H,16H2,1H3. The molecule has 0 amide bonds. The van der Waals surface area contributed by atoms with Crippen molar-refractivity contribution in [3.63, 3.8) is 0 Å². The molecule has 0 saturated carbocycles. The molecule has 5 rings (SSSR count). The third-order valence-electron chi connectivity index (χ3n) is 5.75. The summed E-state index contributed by atoms with van der Waals surface area (Å²) in [5.41, 5.74) is 3.67. The highest BCUT2D eigenvalue weighted by molar-refractivity contribution is 7.89. The molecule has 1 heterocycles. The molecule has 0 radical (unpaired) electrons. The van der Waals surface area contributed by atoms with Crippen molar-refractivity contribution in [3.05, 3.63) is 107 Å². The molecule has 1 N–H and O–H groups in total. The van der Waals surface area contributed by atoms with E-state index in [1.54, 1.807) is 6.07 Å². The molecule has 0 aliphatic carbocycles. The second kappa shape index (κ2) is 6.97. The van der Waals surface area contributed by atoms with Gasteiger partial charge in [-0.25, -0.2) is 8.42 Å². The molecule has 150 valence electrons. The molecule has 0 aromatic heterocycles. The van der Waals surface area contributed by atoms with Gasteiger partial charge in [0.2, 0.25) is 10.0 Å². The monoisotopic (exact) mass is 415 g/mol.